The maximum absolute atomic E-state index is 12.2. The lowest BCUT2D eigenvalue weighted by atomic mass is 10.1. The molecule has 30 heavy (non-hydrogen) atoms. The molecule has 4 aromatic carbocycles. The Morgan fingerprint density at radius 1 is 0.900 bits per heavy atom. The van der Waals surface area contributed by atoms with Crippen LogP contribution in [0.4, 0.5) is 0 Å². The summed E-state index contributed by atoms with van der Waals surface area (Å²) in [6.45, 7) is 0.429. The van der Waals surface area contributed by atoms with Gasteiger partial charge >= 0.3 is 0 Å². The third kappa shape index (κ3) is 4.50. The molecule has 0 unspecified atom stereocenters. The molecule has 148 valence electrons. The summed E-state index contributed by atoms with van der Waals surface area (Å²) in [5, 5.41) is 6.78. The van der Waals surface area contributed by atoms with Crippen molar-refractivity contribution in [1.29, 1.82) is 0 Å². The zero-order chi connectivity index (χ0) is 20.8. The second kappa shape index (κ2) is 9.25. The number of hydrogen-bond donors (Lipinski definition) is 1. The predicted octanol–water partition coefficient (Wildman–Crippen LogP) is 5.84. The zero-order valence-corrected chi connectivity index (χ0v) is 16.8. The smallest absolute Gasteiger partial charge is 0.272 e. The van der Waals surface area contributed by atoms with Crippen LogP contribution in [0.1, 0.15) is 21.5 Å². The van der Waals surface area contributed by atoms with Crippen molar-refractivity contribution in [3.05, 3.63) is 113 Å². The van der Waals surface area contributed by atoms with Gasteiger partial charge in [-0.1, -0.05) is 78.3 Å². The van der Waals surface area contributed by atoms with Crippen LogP contribution in [-0.4, -0.2) is 12.1 Å². The molecule has 0 saturated carbocycles. The molecule has 0 heterocycles. The van der Waals surface area contributed by atoms with Crippen molar-refractivity contribution >= 4 is 34.5 Å². The summed E-state index contributed by atoms with van der Waals surface area (Å²) in [7, 11) is 0. The van der Waals surface area contributed by atoms with Gasteiger partial charge in [-0.3, -0.25) is 4.79 Å². The molecule has 0 aliphatic carbocycles. The number of halogens is 1. The third-order valence-corrected chi connectivity index (χ3v) is 5.00. The van der Waals surface area contributed by atoms with Crippen LogP contribution in [0, 0.1) is 0 Å². The van der Waals surface area contributed by atoms with Gasteiger partial charge in [-0.25, -0.2) is 5.43 Å². The van der Waals surface area contributed by atoms with E-state index in [1.807, 2.05) is 42.5 Å². The number of carbonyl (C=O) groups is 1. The van der Waals surface area contributed by atoms with Crippen LogP contribution in [0.15, 0.2) is 96.1 Å². The lowest BCUT2D eigenvalue weighted by Crippen LogP contribution is -2.18. The van der Waals surface area contributed by atoms with E-state index in [0.29, 0.717) is 22.9 Å². The van der Waals surface area contributed by atoms with Crippen molar-refractivity contribution in [2.45, 2.75) is 6.61 Å². The molecule has 4 aromatic rings. The van der Waals surface area contributed by atoms with Gasteiger partial charge in [0.25, 0.3) is 5.91 Å². The minimum Gasteiger partial charge on any atom is -0.488 e. The fraction of sp³-hybridized carbons (Fsp3) is 0.0400. The van der Waals surface area contributed by atoms with Crippen LogP contribution < -0.4 is 10.2 Å². The highest BCUT2D eigenvalue weighted by molar-refractivity contribution is 6.33. The first-order valence-corrected chi connectivity index (χ1v) is 9.86. The zero-order valence-electron chi connectivity index (χ0n) is 16.1. The lowest BCUT2D eigenvalue weighted by Gasteiger charge is -2.11. The van der Waals surface area contributed by atoms with Gasteiger partial charge in [-0.15, -0.1) is 0 Å². The largest absolute Gasteiger partial charge is 0.488 e. The van der Waals surface area contributed by atoms with Crippen molar-refractivity contribution < 1.29 is 9.53 Å². The Bertz CT molecular complexity index is 1220. The molecule has 0 aliphatic heterocycles. The van der Waals surface area contributed by atoms with E-state index in [1.54, 1.807) is 30.5 Å². The van der Waals surface area contributed by atoms with Crippen molar-refractivity contribution in [1.82, 2.24) is 5.43 Å². The number of para-hydroxylation sites is 1. The Kier molecular flexibility index (Phi) is 6.06. The van der Waals surface area contributed by atoms with Crippen LogP contribution >= 0.6 is 11.6 Å². The van der Waals surface area contributed by atoms with E-state index >= 15 is 0 Å². The number of nitrogens with one attached hydrogen (secondary N) is 1. The van der Waals surface area contributed by atoms with Gasteiger partial charge in [0, 0.05) is 5.56 Å². The summed E-state index contributed by atoms with van der Waals surface area (Å²) in [6.07, 6.45) is 1.56. The van der Waals surface area contributed by atoms with Gasteiger partial charge in [0.2, 0.25) is 0 Å². The summed E-state index contributed by atoms with van der Waals surface area (Å²) in [5.41, 5.74) is 4.74. The first kappa shape index (κ1) is 19.7. The van der Waals surface area contributed by atoms with E-state index in [-0.39, 0.29) is 5.91 Å². The number of amides is 1. The minimum atomic E-state index is -0.369. The van der Waals surface area contributed by atoms with E-state index in [2.05, 4.69) is 34.8 Å². The van der Waals surface area contributed by atoms with Crippen molar-refractivity contribution in [2.75, 3.05) is 0 Å². The third-order valence-electron chi connectivity index (χ3n) is 4.67. The fourth-order valence-corrected chi connectivity index (χ4v) is 3.38. The number of carbonyl (C=O) groups excluding carboxylic acids is 1. The van der Waals surface area contributed by atoms with Crippen LogP contribution in [0.2, 0.25) is 5.02 Å². The first-order chi connectivity index (χ1) is 14.7. The van der Waals surface area contributed by atoms with Crippen molar-refractivity contribution in [3.63, 3.8) is 0 Å². The van der Waals surface area contributed by atoms with Crippen LogP contribution in [0.3, 0.4) is 0 Å². The molecule has 0 bridgehead atoms. The van der Waals surface area contributed by atoms with Crippen LogP contribution in [-0.2, 0) is 6.61 Å². The Hall–Kier alpha value is -3.63. The highest BCUT2D eigenvalue weighted by Crippen LogP contribution is 2.22. The number of nitrogens with zero attached hydrogens (tertiary/aromatic N) is 1. The average molecular weight is 415 g/mol. The molecule has 1 amide bonds. The summed E-state index contributed by atoms with van der Waals surface area (Å²) >= 11 is 6.05. The number of hydrazone groups is 1. The molecule has 0 radical (unpaired) electrons. The summed E-state index contributed by atoms with van der Waals surface area (Å²) in [4.78, 5) is 12.2. The Labute approximate surface area is 179 Å². The first-order valence-electron chi connectivity index (χ1n) is 9.49. The number of ether oxygens (including phenoxy) is 1. The van der Waals surface area contributed by atoms with Gasteiger partial charge in [0.1, 0.15) is 12.4 Å². The van der Waals surface area contributed by atoms with Crippen LogP contribution in [0.5, 0.6) is 5.75 Å². The van der Waals surface area contributed by atoms with E-state index < -0.39 is 0 Å². The monoisotopic (exact) mass is 414 g/mol. The number of rotatable bonds is 6. The molecular weight excluding hydrogens is 396 g/mol. The molecule has 4 nitrogen and oxygen atoms in total. The number of benzene rings is 4. The molecule has 0 atom stereocenters. The summed E-state index contributed by atoms with van der Waals surface area (Å²) in [6, 6.07) is 28.8. The van der Waals surface area contributed by atoms with E-state index in [0.717, 1.165) is 16.5 Å². The van der Waals surface area contributed by atoms with E-state index in [9.17, 15) is 4.79 Å². The van der Waals surface area contributed by atoms with Gasteiger partial charge in [0.05, 0.1) is 16.8 Å². The summed E-state index contributed by atoms with van der Waals surface area (Å²) < 4.78 is 6.07. The maximum atomic E-state index is 12.2. The van der Waals surface area contributed by atoms with Crippen molar-refractivity contribution in [2.24, 2.45) is 5.10 Å². The molecule has 5 heteroatoms. The Morgan fingerprint density at radius 3 is 2.53 bits per heavy atom. The standard InChI is InChI=1S/C25H19ClN2O2/c26-23-14-5-4-13-22(23)25(29)28-27-16-19-9-2-6-15-24(19)30-17-20-11-7-10-18-8-1-3-12-21(18)20/h1-16H,17H2,(H,28,29)/b27-16-. The number of hydrogen-bond acceptors (Lipinski definition) is 3. The topological polar surface area (TPSA) is 50.7 Å². The molecule has 0 aromatic heterocycles. The Morgan fingerprint density at radius 2 is 1.63 bits per heavy atom. The lowest BCUT2D eigenvalue weighted by molar-refractivity contribution is 0.0955. The molecule has 0 aliphatic rings. The quantitative estimate of drug-likeness (QED) is 0.318. The SMILES string of the molecule is O=C(N/N=C\c1ccccc1OCc1cccc2ccccc12)c1ccccc1Cl. The molecule has 0 spiro atoms. The van der Waals surface area contributed by atoms with Gasteiger partial charge in [0.15, 0.2) is 0 Å². The fourth-order valence-electron chi connectivity index (χ4n) is 3.16. The van der Waals surface area contributed by atoms with Crippen molar-refractivity contribution in [3.8, 4) is 5.75 Å². The van der Waals surface area contributed by atoms with Gasteiger partial charge < -0.3 is 4.74 Å². The van der Waals surface area contributed by atoms with Gasteiger partial charge in [-0.2, -0.15) is 5.10 Å². The maximum Gasteiger partial charge on any atom is 0.272 e. The van der Waals surface area contributed by atoms with Gasteiger partial charge in [-0.05, 0) is 40.6 Å². The minimum absolute atomic E-state index is 0.369. The molecule has 0 saturated heterocycles. The normalized spacial score (nSPS) is 11.0. The highest BCUT2D eigenvalue weighted by Gasteiger charge is 2.08. The predicted molar refractivity (Wildman–Crippen MR) is 121 cm³/mol. The summed E-state index contributed by atoms with van der Waals surface area (Å²) in [5.74, 6) is 0.312. The second-order valence-corrected chi connectivity index (χ2v) is 7.05. The Balaban J connectivity index is 1.47. The molecule has 0 fully saturated rings. The second-order valence-electron chi connectivity index (χ2n) is 6.64. The van der Waals surface area contributed by atoms with E-state index in [4.69, 9.17) is 16.3 Å². The van der Waals surface area contributed by atoms with Crippen LogP contribution in [0.25, 0.3) is 10.8 Å². The highest BCUT2D eigenvalue weighted by atomic mass is 35.5. The molecular formula is C25H19ClN2O2. The average Bonchev–Trinajstić information content (AvgIpc) is 2.78. The van der Waals surface area contributed by atoms with E-state index in [1.165, 1.54) is 5.39 Å². The number of fused-ring (bicyclic) bond motifs is 1. The molecule has 1 N–H and O–H groups in total. The molecule has 4 rings (SSSR count).